The van der Waals surface area contributed by atoms with E-state index in [9.17, 15) is 4.39 Å². The quantitative estimate of drug-likeness (QED) is 0.874. The first-order valence-corrected chi connectivity index (χ1v) is 7.28. The van der Waals surface area contributed by atoms with Gasteiger partial charge in [0.2, 0.25) is 0 Å². The largest absolute Gasteiger partial charge is 0.496 e. The van der Waals surface area contributed by atoms with Crippen molar-refractivity contribution in [3.05, 3.63) is 52.3 Å². The van der Waals surface area contributed by atoms with Crippen LogP contribution < -0.4 is 10.1 Å². The van der Waals surface area contributed by atoms with Crippen LogP contribution >= 0.6 is 15.9 Å². The highest BCUT2D eigenvalue weighted by Crippen LogP contribution is 2.31. The summed E-state index contributed by atoms with van der Waals surface area (Å²) in [6.07, 6.45) is 0. The molecule has 0 heterocycles. The second-order valence-corrected chi connectivity index (χ2v) is 5.26. The highest BCUT2D eigenvalue weighted by atomic mass is 79.9. The van der Waals surface area contributed by atoms with Crippen LogP contribution in [0.15, 0.2) is 40.9 Å². The van der Waals surface area contributed by atoms with E-state index < -0.39 is 0 Å². The number of halogens is 2. The molecule has 106 valence electrons. The molecule has 0 aliphatic rings. The van der Waals surface area contributed by atoms with Gasteiger partial charge in [-0.05, 0) is 46.2 Å². The van der Waals surface area contributed by atoms with E-state index in [-0.39, 0.29) is 5.82 Å². The summed E-state index contributed by atoms with van der Waals surface area (Å²) in [5.41, 5.74) is 2.45. The van der Waals surface area contributed by atoms with Crippen LogP contribution in [0, 0.1) is 5.82 Å². The minimum absolute atomic E-state index is 0.243. The van der Waals surface area contributed by atoms with Gasteiger partial charge in [-0.15, -0.1) is 0 Å². The van der Waals surface area contributed by atoms with Gasteiger partial charge in [-0.1, -0.05) is 25.1 Å². The maximum absolute atomic E-state index is 14.2. The maximum Gasteiger partial charge on any atom is 0.145 e. The van der Waals surface area contributed by atoms with E-state index in [1.54, 1.807) is 19.2 Å². The van der Waals surface area contributed by atoms with E-state index >= 15 is 0 Å². The molecule has 0 amide bonds. The molecule has 4 heteroatoms. The lowest BCUT2D eigenvalue weighted by Crippen LogP contribution is -2.12. The molecule has 2 rings (SSSR count). The van der Waals surface area contributed by atoms with Crippen molar-refractivity contribution in [1.82, 2.24) is 5.32 Å². The summed E-state index contributed by atoms with van der Waals surface area (Å²) >= 11 is 3.22. The molecular weight excluding hydrogens is 321 g/mol. The van der Waals surface area contributed by atoms with Gasteiger partial charge in [0, 0.05) is 17.7 Å². The van der Waals surface area contributed by atoms with Gasteiger partial charge < -0.3 is 10.1 Å². The average Bonchev–Trinajstić information content (AvgIpc) is 2.47. The van der Waals surface area contributed by atoms with E-state index in [0.29, 0.717) is 16.6 Å². The number of nitrogens with one attached hydrogen (secondary N) is 1. The molecule has 0 saturated carbocycles. The number of benzene rings is 2. The van der Waals surface area contributed by atoms with Gasteiger partial charge in [-0.3, -0.25) is 0 Å². The van der Waals surface area contributed by atoms with Crippen molar-refractivity contribution in [2.45, 2.75) is 13.5 Å². The van der Waals surface area contributed by atoms with Gasteiger partial charge in [-0.2, -0.15) is 0 Å². The average molecular weight is 338 g/mol. The van der Waals surface area contributed by atoms with Crippen LogP contribution in [-0.4, -0.2) is 13.7 Å². The van der Waals surface area contributed by atoms with Crippen LogP contribution in [-0.2, 0) is 6.54 Å². The van der Waals surface area contributed by atoms with Crippen molar-refractivity contribution in [2.75, 3.05) is 13.7 Å². The summed E-state index contributed by atoms with van der Waals surface area (Å²) < 4.78 is 20.0. The third-order valence-electron chi connectivity index (χ3n) is 3.11. The Morgan fingerprint density at radius 1 is 1.25 bits per heavy atom. The van der Waals surface area contributed by atoms with E-state index in [0.717, 1.165) is 23.4 Å². The fourth-order valence-electron chi connectivity index (χ4n) is 2.07. The van der Waals surface area contributed by atoms with Gasteiger partial charge in [0.05, 0.1) is 11.6 Å². The minimum atomic E-state index is -0.243. The molecule has 0 aliphatic heterocycles. The zero-order valence-electron chi connectivity index (χ0n) is 11.5. The Balaban J connectivity index is 2.44. The zero-order valence-corrected chi connectivity index (χ0v) is 13.1. The van der Waals surface area contributed by atoms with Gasteiger partial charge in [0.25, 0.3) is 0 Å². The van der Waals surface area contributed by atoms with Gasteiger partial charge in [-0.25, -0.2) is 4.39 Å². The van der Waals surface area contributed by atoms with Crippen molar-refractivity contribution in [1.29, 1.82) is 0 Å². The van der Waals surface area contributed by atoms with Gasteiger partial charge >= 0.3 is 0 Å². The molecular formula is C16H17BrFNO. The van der Waals surface area contributed by atoms with E-state index in [1.807, 2.05) is 31.2 Å². The molecule has 2 aromatic carbocycles. The van der Waals surface area contributed by atoms with Crippen molar-refractivity contribution in [2.24, 2.45) is 0 Å². The number of rotatable bonds is 5. The lowest BCUT2D eigenvalue weighted by molar-refractivity contribution is 0.408. The van der Waals surface area contributed by atoms with Crippen LogP contribution in [0.4, 0.5) is 4.39 Å². The zero-order chi connectivity index (χ0) is 14.5. The van der Waals surface area contributed by atoms with Crippen molar-refractivity contribution < 1.29 is 9.13 Å². The minimum Gasteiger partial charge on any atom is -0.496 e. The molecule has 0 saturated heterocycles. The lowest BCUT2D eigenvalue weighted by Gasteiger charge is -2.12. The predicted octanol–water partition coefficient (Wildman–Crippen LogP) is 4.37. The monoisotopic (exact) mass is 337 g/mol. The lowest BCUT2D eigenvalue weighted by atomic mass is 10.0. The molecule has 2 nitrogen and oxygen atoms in total. The summed E-state index contributed by atoms with van der Waals surface area (Å²) in [5.74, 6) is 0.567. The Morgan fingerprint density at radius 2 is 2.05 bits per heavy atom. The Bertz CT molecular complexity index is 601. The molecule has 20 heavy (non-hydrogen) atoms. The summed E-state index contributed by atoms with van der Waals surface area (Å²) in [7, 11) is 1.64. The molecule has 0 fully saturated rings. The second kappa shape index (κ2) is 6.86. The summed E-state index contributed by atoms with van der Waals surface area (Å²) in [4.78, 5) is 0. The standard InChI is InChI=1S/C16H17BrFNO/c1-3-19-10-12-9-11(7-8-15(12)20-2)13-5-4-6-14(17)16(13)18/h4-9,19H,3,10H2,1-2H3. The number of ether oxygens (including phenoxy) is 1. The first kappa shape index (κ1) is 15.0. The smallest absolute Gasteiger partial charge is 0.145 e. The van der Waals surface area contributed by atoms with Crippen LogP contribution in [0.25, 0.3) is 11.1 Å². The van der Waals surface area contributed by atoms with Crippen molar-refractivity contribution in [3.63, 3.8) is 0 Å². The number of methoxy groups -OCH3 is 1. The van der Waals surface area contributed by atoms with Crippen LogP contribution in [0.5, 0.6) is 5.75 Å². The molecule has 0 unspecified atom stereocenters. The Labute approximate surface area is 127 Å². The molecule has 0 bridgehead atoms. The highest BCUT2D eigenvalue weighted by Gasteiger charge is 2.11. The fourth-order valence-corrected chi connectivity index (χ4v) is 2.44. The van der Waals surface area contributed by atoms with Crippen LogP contribution in [0.1, 0.15) is 12.5 Å². The van der Waals surface area contributed by atoms with Crippen molar-refractivity contribution in [3.8, 4) is 16.9 Å². The van der Waals surface area contributed by atoms with Gasteiger partial charge in [0.15, 0.2) is 0 Å². The Morgan fingerprint density at radius 3 is 2.75 bits per heavy atom. The molecule has 1 N–H and O–H groups in total. The van der Waals surface area contributed by atoms with Crippen LogP contribution in [0.3, 0.4) is 0 Å². The molecule has 2 aromatic rings. The predicted molar refractivity (Wildman–Crippen MR) is 83.5 cm³/mol. The molecule has 0 atom stereocenters. The first-order chi connectivity index (χ1) is 9.67. The summed E-state index contributed by atoms with van der Waals surface area (Å²) in [6.45, 7) is 3.62. The van der Waals surface area contributed by atoms with E-state index in [1.165, 1.54) is 0 Å². The van der Waals surface area contributed by atoms with E-state index in [2.05, 4.69) is 21.2 Å². The number of hydrogen-bond acceptors (Lipinski definition) is 2. The van der Waals surface area contributed by atoms with Gasteiger partial charge in [0.1, 0.15) is 11.6 Å². The molecule has 0 spiro atoms. The number of hydrogen-bond donors (Lipinski definition) is 1. The Kier molecular flexibility index (Phi) is 5.15. The molecule has 0 aromatic heterocycles. The molecule has 0 radical (unpaired) electrons. The SMILES string of the molecule is CCNCc1cc(-c2cccc(Br)c2F)ccc1OC. The summed E-state index contributed by atoms with van der Waals surface area (Å²) in [5, 5.41) is 3.26. The molecule has 0 aliphatic carbocycles. The van der Waals surface area contributed by atoms with Crippen LogP contribution in [0.2, 0.25) is 0 Å². The third kappa shape index (κ3) is 3.19. The fraction of sp³-hybridized carbons (Fsp3) is 0.250. The normalized spacial score (nSPS) is 10.6. The Hall–Kier alpha value is -1.39. The van der Waals surface area contributed by atoms with Crippen molar-refractivity contribution >= 4 is 15.9 Å². The second-order valence-electron chi connectivity index (χ2n) is 4.41. The summed E-state index contributed by atoms with van der Waals surface area (Å²) in [6, 6.07) is 11.0. The topological polar surface area (TPSA) is 21.3 Å². The highest BCUT2D eigenvalue weighted by molar-refractivity contribution is 9.10. The maximum atomic E-state index is 14.2. The first-order valence-electron chi connectivity index (χ1n) is 6.49. The van der Waals surface area contributed by atoms with E-state index in [4.69, 9.17) is 4.74 Å². The third-order valence-corrected chi connectivity index (χ3v) is 3.72.